The number of halogens is 1. The Hall–Kier alpha value is -1.38. The molecule has 0 saturated carbocycles. The van der Waals surface area contributed by atoms with E-state index in [2.05, 4.69) is 4.98 Å². The van der Waals surface area contributed by atoms with Crippen LogP contribution >= 0.6 is 11.6 Å². The van der Waals surface area contributed by atoms with Crippen molar-refractivity contribution in [2.24, 2.45) is 0 Å². The van der Waals surface area contributed by atoms with Gasteiger partial charge in [0.15, 0.2) is 0 Å². The van der Waals surface area contributed by atoms with Gasteiger partial charge in [0.1, 0.15) is 16.8 Å². The van der Waals surface area contributed by atoms with Gasteiger partial charge in [0, 0.05) is 12.7 Å². The van der Waals surface area contributed by atoms with Crippen LogP contribution in [0.15, 0.2) is 17.2 Å². The normalized spacial score (nSPS) is 20.6. The monoisotopic (exact) mass is 305 g/mol. The van der Waals surface area contributed by atoms with Crippen LogP contribution in [0.4, 0.5) is 5.82 Å². The van der Waals surface area contributed by atoms with E-state index in [1.54, 1.807) is 0 Å². The minimum atomic E-state index is -4.01. The van der Waals surface area contributed by atoms with E-state index >= 15 is 0 Å². The summed E-state index contributed by atoms with van der Waals surface area (Å²) in [5.74, 6) is -1.37. The van der Waals surface area contributed by atoms with Gasteiger partial charge in [0.25, 0.3) is 0 Å². The first kappa shape index (κ1) is 14.0. The summed E-state index contributed by atoms with van der Waals surface area (Å²) in [6.45, 7) is 0.144. The number of aliphatic carboxylic acids is 1. The first-order valence-corrected chi connectivity index (χ1v) is 7.31. The molecule has 2 rings (SSSR count). The molecule has 0 radical (unpaired) electrons. The van der Waals surface area contributed by atoms with E-state index in [0.29, 0.717) is 6.42 Å². The SMILES string of the molecule is Nc1ncc(Cl)cc1S(=O)(=O)N1CCCC1C(=O)O. The number of nitrogen functional groups attached to an aromatic ring is 1. The van der Waals surface area contributed by atoms with E-state index in [1.165, 1.54) is 12.3 Å². The maximum absolute atomic E-state index is 12.4. The molecule has 1 fully saturated rings. The van der Waals surface area contributed by atoms with Crippen LogP contribution in [0.5, 0.6) is 0 Å². The molecule has 19 heavy (non-hydrogen) atoms. The number of aromatic nitrogens is 1. The van der Waals surface area contributed by atoms with Gasteiger partial charge in [-0.3, -0.25) is 4.79 Å². The molecule has 9 heteroatoms. The van der Waals surface area contributed by atoms with Crippen molar-refractivity contribution < 1.29 is 18.3 Å². The molecule has 1 aliphatic rings. The van der Waals surface area contributed by atoms with Gasteiger partial charge in [-0.15, -0.1) is 0 Å². The van der Waals surface area contributed by atoms with Gasteiger partial charge in [-0.2, -0.15) is 4.31 Å². The highest BCUT2D eigenvalue weighted by Crippen LogP contribution is 2.29. The number of sulfonamides is 1. The smallest absolute Gasteiger partial charge is 0.322 e. The average molecular weight is 306 g/mol. The summed E-state index contributed by atoms with van der Waals surface area (Å²) in [6.07, 6.45) is 2.00. The van der Waals surface area contributed by atoms with E-state index in [1.807, 2.05) is 0 Å². The van der Waals surface area contributed by atoms with Crippen LogP contribution in [-0.2, 0) is 14.8 Å². The fourth-order valence-electron chi connectivity index (χ4n) is 2.04. The van der Waals surface area contributed by atoms with Crippen LogP contribution in [-0.4, -0.2) is 41.4 Å². The number of carbonyl (C=O) groups is 1. The highest BCUT2D eigenvalue weighted by atomic mass is 35.5. The lowest BCUT2D eigenvalue weighted by atomic mass is 10.2. The standard InChI is InChI=1S/C10H12ClN3O4S/c11-6-4-8(9(12)13-5-6)19(17,18)14-3-1-2-7(14)10(15)16/h4-5,7H,1-3H2,(H2,12,13)(H,15,16). The lowest BCUT2D eigenvalue weighted by molar-refractivity contribution is -0.140. The summed E-state index contributed by atoms with van der Waals surface area (Å²) in [4.78, 5) is 14.5. The molecule has 1 unspecified atom stereocenters. The van der Waals surface area contributed by atoms with E-state index in [9.17, 15) is 13.2 Å². The number of rotatable bonds is 3. The molecule has 0 spiro atoms. The quantitative estimate of drug-likeness (QED) is 0.843. The average Bonchev–Trinajstić information content (AvgIpc) is 2.82. The molecule has 2 heterocycles. The number of nitrogens with two attached hydrogens (primary N) is 1. The minimum absolute atomic E-state index is 0.124. The highest BCUT2D eigenvalue weighted by Gasteiger charge is 2.40. The molecular formula is C10H12ClN3O4S. The zero-order valence-electron chi connectivity index (χ0n) is 9.78. The van der Waals surface area contributed by atoms with Gasteiger partial charge in [0.05, 0.1) is 5.02 Å². The van der Waals surface area contributed by atoms with Crippen LogP contribution in [0.1, 0.15) is 12.8 Å². The van der Waals surface area contributed by atoms with Crippen molar-refractivity contribution in [2.75, 3.05) is 12.3 Å². The number of hydrogen-bond donors (Lipinski definition) is 2. The van der Waals surface area contributed by atoms with E-state index in [4.69, 9.17) is 22.4 Å². The summed E-state index contributed by atoms with van der Waals surface area (Å²) in [5, 5.41) is 9.16. The molecule has 3 N–H and O–H groups in total. The molecule has 1 saturated heterocycles. The molecule has 1 aromatic heterocycles. The van der Waals surface area contributed by atoms with Crippen molar-refractivity contribution in [3.8, 4) is 0 Å². The number of anilines is 1. The zero-order chi connectivity index (χ0) is 14.2. The van der Waals surface area contributed by atoms with Crippen molar-refractivity contribution in [1.29, 1.82) is 0 Å². The molecule has 0 bridgehead atoms. The maximum atomic E-state index is 12.4. The van der Waals surface area contributed by atoms with Crippen molar-refractivity contribution in [3.05, 3.63) is 17.3 Å². The Morgan fingerprint density at radius 2 is 2.26 bits per heavy atom. The van der Waals surface area contributed by atoms with Crippen molar-refractivity contribution in [2.45, 2.75) is 23.8 Å². The second kappa shape index (κ2) is 4.95. The van der Waals surface area contributed by atoms with Crippen molar-refractivity contribution in [1.82, 2.24) is 9.29 Å². The predicted molar refractivity (Wildman–Crippen MR) is 68.2 cm³/mol. The van der Waals surface area contributed by atoms with E-state index < -0.39 is 22.0 Å². The van der Waals surface area contributed by atoms with Gasteiger partial charge >= 0.3 is 5.97 Å². The molecule has 1 aromatic rings. The minimum Gasteiger partial charge on any atom is -0.480 e. The first-order chi connectivity index (χ1) is 8.84. The van der Waals surface area contributed by atoms with E-state index in [-0.39, 0.29) is 28.7 Å². The maximum Gasteiger partial charge on any atom is 0.322 e. The second-order valence-corrected chi connectivity index (χ2v) is 6.44. The number of pyridine rings is 1. The number of carboxylic acids is 1. The molecule has 0 amide bonds. The van der Waals surface area contributed by atoms with Crippen LogP contribution in [0.2, 0.25) is 5.02 Å². The van der Waals surface area contributed by atoms with E-state index in [0.717, 1.165) is 4.31 Å². The molecule has 1 atom stereocenters. The summed E-state index contributed by atoms with van der Waals surface area (Å²) in [6, 6.07) is 0.111. The number of carboxylic acid groups (broad SMARTS) is 1. The zero-order valence-corrected chi connectivity index (χ0v) is 11.4. The lowest BCUT2D eigenvalue weighted by Gasteiger charge is -2.21. The van der Waals surface area contributed by atoms with Crippen LogP contribution in [0, 0.1) is 0 Å². The summed E-state index contributed by atoms with van der Waals surface area (Å²) in [7, 11) is -4.01. The van der Waals surface area contributed by atoms with Crippen molar-refractivity contribution in [3.63, 3.8) is 0 Å². The Bertz CT molecular complexity index is 619. The Morgan fingerprint density at radius 1 is 1.58 bits per heavy atom. The summed E-state index contributed by atoms with van der Waals surface area (Å²) >= 11 is 5.71. The Kier molecular flexibility index (Phi) is 3.66. The van der Waals surface area contributed by atoms with Gasteiger partial charge in [-0.1, -0.05) is 11.6 Å². The van der Waals surface area contributed by atoms with Gasteiger partial charge in [-0.05, 0) is 18.9 Å². The summed E-state index contributed by atoms with van der Waals surface area (Å²) in [5.41, 5.74) is 5.54. The molecule has 1 aliphatic heterocycles. The fraction of sp³-hybridized carbons (Fsp3) is 0.400. The molecule has 0 aliphatic carbocycles. The van der Waals surface area contributed by atoms with Gasteiger partial charge in [-0.25, -0.2) is 13.4 Å². The Balaban J connectivity index is 2.48. The fourth-order valence-corrected chi connectivity index (χ4v) is 4.01. The topological polar surface area (TPSA) is 114 Å². The number of hydrogen-bond acceptors (Lipinski definition) is 5. The molecule has 7 nitrogen and oxygen atoms in total. The largest absolute Gasteiger partial charge is 0.480 e. The Labute approximate surface area is 115 Å². The third-order valence-electron chi connectivity index (χ3n) is 2.92. The van der Waals surface area contributed by atoms with Crippen LogP contribution < -0.4 is 5.73 Å². The molecule has 0 aromatic carbocycles. The van der Waals surface area contributed by atoms with Gasteiger partial charge < -0.3 is 10.8 Å². The van der Waals surface area contributed by atoms with Crippen LogP contribution in [0.25, 0.3) is 0 Å². The molecule has 104 valence electrons. The van der Waals surface area contributed by atoms with Crippen molar-refractivity contribution >= 4 is 33.4 Å². The predicted octanol–water partition coefficient (Wildman–Crippen LogP) is 0.555. The molecular weight excluding hydrogens is 294 g/mol. The van der Waals surface area contributed by atoms with Gasteiger partial charge in [0.2, 0.25) is 10.0 Å². The Morgan fingerprint density at radius 3 is 2.89 bits per heavy atom. The van der Waals surface area contributed by atoms with Crippen LogP contribution in [0.3, 0.4) is 0 Å². The summed E-state index contributed by atoms with van der Waals surface area (Å²) < 4.78 is 25.7. The number of nitrogens with zero attached hydrogens (tertiary/aromatic N) is 2. The highest BCUT2D eigenvalue weighted by molar-refractivity contribution is 7.89. The third kappa shape index (κ3) is 2.51. The third-order valence-corrected chi connectivity index (χ3v) is 5.07. The second-order valence-electron chi connectivity index (χ2n) is 4.15. The lowest BCUT2D eigenvalue weighted by Crippen LogP contribution is -2.40. The first-order valence-electron chi connectivity index (χ1n) is 5.49.